The van der Waals surface area contributed by atoms with Crippen LogP contribution in [-0.2, 0) is 10.2 Å². The Morgan fingerprint density at radius 3 is 2.47 bits per heavy atom. The molecule has 0 radical (unpaired) electrons. The van der Waals surface area contributed by atoms with Crippen LogP contribution in [0.2, 0.25) is 0 Å². The molecule has 1 rings (SSSR count). The van der Waals surface area contributed by atoms with Gasteiger partial charge in [-0.25, -0.2) is 0 Å². The highest BCUT2D eigenvalue weighted by Gasteiger charge is 2.26. The van der Waals surface area contributed by atoms with Gasteiger partial charge in [0, 0.05) is 33.7 Å². The van der Waals surface area contributed by atoms with Gasteiger partial charge < -0.3 is 10.6 Å². The van der Waals surface area contributed by atoms with E-state index in [1.54, 1.807) is 18.4 Å². The van der Waals surface area contributed by atoms with Gasteiger partial charge in [0.15, 0.2) is 0 Å². The molecule has 1 aliphatic heterocycles. The molecule has 0 spiro atoms. The molecule has 1 heterocycles. The van der Waals surface area contributed by atoms with E-state index >= 15 is 0 Å². The van der Waals surface area contributed by atoms with Crippen molar-refractivity contribution in [3.8, 4) is 0 Å². The minimum absolute atomic E-state index is 0.574. The van der Waals surface area contributed by atoms with E-state index in [0.717, 1.165) is 32.5 Å². The van der Waals surface area contributed by atoms with Crippen molar-refractivity contribution in [1.29, 1.82) is 0 Å². The average Bonchev–Trinajstić information content (AvgIpc) is 2.51. The highest BCUT2D eigenvalue weighted by molar-refractivity contribution is 7.86. The summed E-state index contributed by atoms with van der Waals surface area (Å²) >= 11 is 0. The lowest BCUT2D eigenvalue weighted by Crippen LogP contribution is -2.42. The molecule has 0 amide bonds. The summed E-state index contributed by atoms with van der Waals surface area (Å²) in [7, 11) is -0.100. The first-order valence-electron chi connectivity index (χ1n) is 6.08. The van der Waals surface area contributed by atoms with Gasteiger partial charge in [0.25, 0.3) is 10.2 Å². The second-order valence-corrected chi connectivity index (χ2v) is 6.67. The van der Waals surface area contributed by atoms with Crippen molar-refractivity contribution >= 4 is 10.2 Å². The zero-order valence-corrected chi connectivity index (χ0v) is 11.6. The first-order valence-corrected chi connectivity index (χ1v) is 7.48. The van der Waals surface area contributed by atoms with E-state index in [-0.39, 0.29) is 0 Å². The Morgan fingerprint density at radius 2 is 1.88 bits per heavy atom. The average molecular weight is 264 g/mol. The topological polar surface area (TPSA) is 69.9 Å². The second-order valence-electron chi connectivity index (χ2n) is 4.53. The molecule has 1 saturated heterocycles. The van der Waals surface area contributed by atoms with Crippen molar-refractivity contribution < 1.29 is 8.42 Å². The highest BCUT2D eigenvalue weighted by Crippen LogP contribution is 2.10. The van der Waals surface area contributed by atoms with Crippen molar-refractivity contribution in [3.63, 3.8) is 0 Å². The number of hydrogen-bond donors (Lipinski definition) is 1. The lowest BCUT2D eigenvalue weighted by Gasteiger charge is -2.24. The zero-order chi connectivity index (χ0) is 12.9. The third-order valence-corrected chi connectivity index (χ3v) is 4.95. The summed E-state index contributed by atoms with van der Waals surface area (Å²) in [6.45, 7) is 4.60. The summed E-state index contributed by atoms with van der Waals surface area (Å²) in [5, 5.41) is 0. The maximum Gasteiger partial charge on any atom is 0.281 e. The van der Waals surface area contributed by atoms with Crippen LogP contribution in [0.3, 0.4) is 0 Å². The van der Waals surface area contributed by atoms with Crippen LogP contribution in [-0.4, -0.2) is 75.3 Å². The van der Waals surface area contributed by atoms with E-state index in [2.05, 4.69) is 4.90 Å². The van der Waals surface area contributed by atoms with E-state index < -0.39 is 10.2 Å². The predicted molar refractivity (Wildman–Crippen MR) is 68.9 cm³/mol. The minimum Gasteiger partial charge on any atom is -0.330 e. The van der Waals surface area contributed by atoms with Crippen LogP contribution in [0.5, 0.6) is 0 Å². The molecular formula is C10H24N4O2S. The molecule has 0 unspecified atom stereocenters. The van der Waals surface area contributed by atoms with Gasteiger partial charge in [-0.1, -0.05) is 0 Å². The number of nitrogens with zero attached hydrogens (tertiary/aromatic N) is 3. The van der Waals surface area contributed by atoms with Crippen molar-refractivity contribution in [3.05, 3.63) is 0 Å². The summed E-state index contributed by atoms with van der Waals surface area (Å²) in [6.07, 6.45) is 1.86. The van der Waals surface area contributed by atoms with Crippen molar-refractivity contribution in [2.24, 2.45) is 5.73 Å². The van der Waals surface area contributed by atoms with Gasteiger partial charge >= 0.3 is 0 Å². The smallest absolute Gasteiger partial charge is 0.281 e. The fourth-order valence-electron chi connectivity index (χ4n) is 1.95. The summed E-state index contributed by atoms with van der Waals surface area (Å²) in [5.74, 6) is 0. The van der Waals surface area contributed by atoms with Gasteiger partial charge in [-0.05, 0) is 32.5 Å². The maximum atomic E-state index is 12.0. The molecule has 0 bridgehead atoms. The molecule has 7 heteroatoms. The monoisotopic (exact) mass is 264 g/mol. The molecule has 2 N–H and O–H groups in total. The third-order valence-electron chi connectivity index (χ3n) is 3.01. The summed E-state index contributed by atoms with van der Waals surface area (Å²) in [4.78, 5) is 2.29. The van der Waals surface area contributed by atoms with E-state index in [9.17, 15) is 8.42 Å². The Morgan fingerprint density at radius 1 is 1.18 bits per heavy atom. The van der Waals surface area contributed by atoms with E-state index in [1.807, 2.05) is 0 Å². The van der Waals surface area contributed by atoms with Crippen LogP contribution in [0.4, 0.5) is 0 Å². The molecule has 0 atom stereocenters. The number of hydrogen-bond acceptors (Lipinski definition) is 4. The number of nitrogens with two attached hydrogens (primary N) is 1. The zero-order valence-electron chi connectivity index (χ0n) is 10.8. The molecule has 0 aromatic carbocycles. The summed E-state index contributed by atoms with van der Waals surface area (Å²) in [6, 6.07) is 0. The van der Waals surface area contributed by atoms with E-state index in [0.29, 0.717) is 19.6 Å². The van der Waals surface area contributed by atoms with Crippen molar-refractivity contribution in [1.82, 2.24) is 13.5 Å². The minimum atomic E-state index is -3.25. The van der Waals surface area contributed by atoms with Gasteiger partial charge in [-0.15, -0.1) is 0 Å². The van der Waals surface area contributed by atoms with Crippen molar-refractivity contribution in [2.75, 3.05) is 53.4 Å². The Bertz CT molecular complexity index is 318. The predicted octanol–water partition coefficient (Wildman–Crippen LogP) is -0.851. The molecule has 1 fully saturated rings. The number of rotatable bonds is 5. The third kappa shape index (κ3) is 4.18. The van der Waals surface area contributed by atoms with E-state index in [1.165, 1.54) is 4.31 Å². The molecular weight excluding hydrogens is 240 g/mol. The van der Waals surface area contributed by atoms with Crippen LogP contribution in [0.15, 0.2) is 0 Å². The van der Waals surface area contributed by atoms with Gasteiger partial charge in [-0.3, -0.25) is 0 Å². The largest absolute Gasteiger partial charge is 0.330 e. The lowest BCUT2D eigenvalue weighted by atomic mass is 10.3. The van der Waals surface area contributed by atoms with Crippen LogP contribution >= 0.6 is 0 Å². The molecule has 0 saturated carbocycles. The molecule has 17 heavy (non-hydrogen) atoms. The van der Waals surface area contributed by atoms with Gasteiger partial charge in [0.1, 0.15) is 0 Å². The Kier molecular flexibility index (Phi) is 5.81. The maximum absolute atomic E-state index is 12.0. The normalized spacial score (nSPS) is 20.7. The van der Waals surface area contributed by atoms with Crippen LogP contribution in [0.25, 0.3) is 0 Å². The van der Waals surface area contributed by atoms with E-state index in [4.69, 9.17) is 5.73 Å². The van der Waals surface area contributed by atoms with Crippen molar-refractivity contribution in [2.45, 2.75) is 12.8 Å². The standard InChI is InChI=1S/C10H24N4O2S/c1-12(2)17(15,16)14-8-4-7-13(9-10-14)6-3-5-11/h3-11H2,1-2H3. The fourth-order valence-corrected chi connectivity index (χ4v) is 3.08. The van der Waals surface area contributed by atoms with Gasteiger partial charge in [-0.2, -0.15) is 17.0 Å². The summed E-state index contributed by atoms with van der Waals surface area (Å²) < 4.78 is 26.8. The molecule has 0 aliphatic carbocycles. The first-order chi connectivity index (χ1) is 7.98. The first kappa shape index (κ1) is 14.8. The molecule has 6 nitrogen and oxygen atoms in total. The SMILES string of the molecule is CN(C)S(=O)(=O)N1CCCN(CCCN)CC1. The van der Waals surface area contributed by atoms with Crippen LogP contribution in [0, 0.1) is 0 Å². The molecule has 1 aliphatic rings. The van der Waals surface area contributed by atoms with Crippen LogP contribution in [0.1, 0.15) is 12.8 Å². The fraction of sp³-hybridized carbons (Fsp3) is 1.00. The quantitative estimate of drug-likeness (QED) is 0.702. The van der Waals surface area contributed by atoms with Crippen LogP contribution < -0.4 is 5.73 Å². The summed E-state index contributed by atoms with van der Waals surface area (Å²) in [5.41, 5.74) is 5.48. The Hall–Kier alpha value is -0.210. The van der Waals surface area contributed by atoms with Gasteiger partial charge in [0.05, 0.1) is 0 Å². The Balaban J connectivity index is 2.53. The second kappa shape index (κ2) is 6.65. The highest BCUT2D eigenvalue weighted by atomic mass is 32.2. The molecule has 0 aromatic rings. The molecule has 0 aromatic heterocycles. The van der Waals surface area contributed by atoms with Gasteiger partial charge in [0.2, 0.25) is 0 Å². The Labute approximate surface area is 105 Å². The lowest BCUT2D eigenvalue weighted by molar-refractivity contribution is 0.283. The molecule has 102 valence electrons.